The Hall–Kier alpha value is -0.180. The summed E-state index contributed by atoms with van der Waals surface area (Å²) < 4.78 is 0. The minimum atomic E-state index is 0.247. The lowest BCUT2D eigenvalue weighted by Gasteiger charge is -2.20. The van der Waals surface area contributed by atoms with Crippen molar-refractivity contribution < 1.29 is 4.79 Å². The normalized spacial score (nSPS) is 18.4. The molecule has 1 aliphatic rings. The Morgan fingerprint density at radius 2 is 1.82 bits per heavy atom. The standard InChI is InChI=1S/C14H27NOS/c1-2-3-11-17-12-14(16)15-13-9-7-5-4-6-8-10-13/h13H,2-12H2,1H3,(H,15,16). The van der Waals surface area contributed by atoms with Crippen molar-refractivity contribution in [1.29, 1.82) is 0 Å². The molecule has 1 aliphatic carbocycles. The molecule has 0 aromatic carbocycles. The van der Waals surface area contributed by atoms with E-state index >= 15 is 0 Å². The largest absolute Gasteiger partial charge is 0.353 e. The Bertz CT molecular complexity index is 200. The zero-order chi connectivity index (χ0) is 12.3. The van der Waals surface area contributed by atoms with Gasteiger partial charge < -0.3 is 5.32 Å². The number of thioether (sulfide) groups is 1. The number of rotatable bonds is 6. The second kappa shape index (κ2) is 9.81. The topological polar surface area (TPSA) is 29.1 Å². The van der Waals surface area contributed by atoms with E-state index in [0.29, 0.717) is 11.8 Å². The fourth-order valence-electron chi connectivity index (χ4n) is 2.28. The van der Waals surface area contributed by atoms with Crippen LogP contribution in [0.2, 0.25) is 0 Å². The van der Waals surface area contributed by atoms with E-state index in [1.165, 1.54) is 57.8 Å². The van der Waals surface area contributed by atoms with Gasteiger partial charge in [0.15, 0.2) is 0 Å². The third-order valence-electron chi connectivity index (χ3n) is 3.35. The van der Waals surface area contributed by atoms with Crippen LogP contribution in [0.3, 0.4) is 0 Å². The molecule has 3 heteroatoms. The van der Waals surface area contributed by atoms with Crippen molar-refractivity contribution in [2.24, 2.45) is 0 Å². The van der Waals surface area contributed by atoms with Crippen LogP contribution in [0.1, 0.15) is 64.7 Å². The minimum absolute atomic E-state index is 0.247. The van der Waals surface area contributed by atoms with Gasteiger partial charge in [0.2, 0.25) is 5.91 Å². The van der Waals surface area contributed by atoms with Crippen LogP contribution in [0.5, 0.6) is 0 Å². The molecule has 1 N–H and O–H groups in total. The zero-order valence-electron chi connectivity index (χ0n) is 11.2. The molecule has 17 heavy (non-hydrogen) atoms. The van der Waals surface area contributed by atoms with Crippen LogP contribution in [0.25, 0.3) is 0 Å². The van der Waals surface area contributed by atoms with Gasteiger partial charge in [-0.05, 0) is 25.0 Å². The molecule has 0 unspecified atom stereocenters. The molecular weight excluding hydrogens is 230 g/mol. The molecular formula is C14H27NOS. The predicted octanol–water partition coefficient (Wildman–Crippen LogP) is 3.75. The Kier molecular flexibility index (Phi) is 8.59. The van der Waals surface area contributed by atoms with Crippen molar-refractivity contribution >= 4 is 17.7 Å². The first kappa shape index (κ1) is 14.9. The van der Waals surface area contributed by atoms with Gasteiger partial charge in [-0.15, -0.1) is 0 Å². The summed E-state index contributed by atoms with van der Waals surface area (Å²) in [5, 5.41) is 3.20. The van der Waals surface area contributed by atoms with Gasteiger partial charge in [0.1, 0.15) is 0 Å². The highest BCUT2D eigenvalue weighted by molar-refractivity contribution is 7.99. The lowest BCUT2D eigenvalue weighted by molar-refractivity contribution is -0.119. The lowest BCUT2D eigenvalue weighted by Crippen LogP contribution is -2.36. The average molecular weight is 257 g/mol. The van der Waals surface area contributed by atoms with Crippen molar-refractivity contribution in [2.45, 2.75) is 70.8 Å². The van der Waals surface area contributed by atoms with Gasteiger partial charge in [-0.25, -0.2) is 0 Å². The van der Waals surface area contributed by atoms with Gasteiger partial charge in [0.05, 0.1) is 5.75 Å². The fourth-order valence-corrected chi connectivity index (χ4v) is 3.19. The van der Waals surface area contributed by atoms with Crippen molar-refractivity contribution in [3.8, 4) is 0 Å². The summed E-state index contributed by atoms with van der Waals surface area (Å²) in [5.41, 5.74) is 0. The first-order chi connectivity index (χ1) is 8.33. The predicted molar refractivity (Wildman–Crippen MR) is 76.5 cm³/mol. The van der Waals surface area contributed by atoms with Gasteiger partial charge in [-0.1, -0.05) is 45.4 Å². The van der Waals surface area contributed by atoms with E-state index in [1.54, 1.807) is 11.8 Å². The molecule has 1 saturated carbocycles. The molecule has 1 fully saturated rings. The van der Waals surface area contributed by atoms with Gasteiger partial charge in [-0.2, -0.15) is 11.8 Å². The maximum Gasteiger partial charge on any atom is 0.230 e. The van der Waals surface area contributed by atoms with Crippen molar-refractivity contribution in [1.82, 2.24) is 5.32 Å². The van der Waals surface area contributed by atoms with E-state index in [9.17, 15) is 4.79 Å². The summed E-state index contributed by atoms with van der Waals surface area (Å²) in [6, 6.07) is 0.453. The van der Waals surface area contributed by atoms with E-state index in [1.807, 2.05) is 0 Å². The van der Waals surface area contributed by atoms with Gasteiger partial charge in [-0.3, -0.25) is 4.79 Å². The molecule has 0 saturated heterocycles. The maximum absolute atomic E-state index is 11.7. The Morgan fingerprint density at radius 1 is 1.18 bits per heavy atom. The molecule has 0 aliphatic heterocycles. The first-order valence-corrected chi connectivity index (χ1v) is 8.35. The quantitative estimate of drug-likeness (QED) is 0.734. The van der Waals surface area contributed by atoms with Crippen LogP contribution >= 0.6 is 11.8 Å². The highest BCUT2D eigenvalue weighted by Crippen LogP contribution is 2.17. The molecule has 0 bridgehead atoms. The number of hydrogen-bond acceptors (Lipinski definition) is 2. The maximum atomic E-state index is 11.7. The summed E-state index contributed by atoms with van der Waals surface area (Å²) in [6.45, 7) is 2.19. The van der Waals surface area contributed by atoms with Crippen LogP contribution in [0, 0.1) is 0 Å². The molecule has 1 rings (SSSR count). The van der Waals surface area contributed by atoms with Crippen LogP contribution in [-0.2, 0) is 4.79 Å². The summed E-state index contributed by atoms with van der Waals surface area (Å²) in [7, 11) is 0. The zero-order valence-corrected chi connectivity index (χ0v) is 12.0. The van der Waals surface area contributed by atoms with Crippen molar-refractivity contribution in [3.05, 3.63) is 0 Å². The monoisotopic (exact) mass is 257 g/mol. The molecule has 1 amide bonds. The minimum Gasteiger partial charge on any atom is -0.353 e. The molecule has 0 heterocycles. The molecule has 0 aromatic heterocycles. The fraction of sp³-hybridized carbons (Fsp3) is 0.929. The van der Waals surface area contributed by atoms with E-state index in [0.717, 1.165) is 5.75 Å². The third-order valence-corrected chi connectivity index (χ3v) is 4.39. The summed E-state index contributed by atoms with van der Waals surface area (Å²) in [5.74, 6) is 2.02. The van der Waals surface area contributed by atoms with Crippen LogP contribution in [-0.4, -0.2) is 23.5 Å². The van der Waals surface area contributed by atoms with E-state index in [-0.39, 0.29) is 5.91 Å². The van der Waals surface area contributed by atoms with Crippen LogP contribution < -0.4 is 5.32 Å². The average Bonchev–Trinajstić information content (AvgIpc) is 2.28. The van der Waals surface area contributed by atoms with E-state index < -0.39 is 0 Å². The smallest absolute Gasteiger partial charge is 0.230 e. The Balaban J connectivity index is 2.10. The summed E-state index contributed by atoms with van der Waals surface area (Å²) in [6.07, 6.45) is 11.5. The van der Waals surface area contributed by atoms with Gasteiger partial charge >= 0.3 is 0 Å². The highest BCUT2D eigenvalue weighted by Gasteiger charge is 2.13. The lowest BCUT2D eigenvalue weighted by atomic mass is 9.97. The third kappa shape index (κ3) is 7.69. The number of unbranched alkanes of at least 4 members (excludes halogenated alkanes) is 1. The van der Waals surface area contributed by atoms with Crippen LogP contribution in [0.4, 0.5) is 0 Å². The highest BCUT2D eigenvalue weighted by atomic mass is 32.2. The van der Waals surface area contributed by atoms with Crippen LogP contribution in [0.15, 0.2) is 0 Å². The molecule has 0 spiro atoms. The summed E-state index contributed by atoms with van der Waals surface area (Å²) >= 11 is 1.77. The molecule has 2 nitrogen and oxygen atoms in total. The molecule has 0 radical (unpaired) electrons. The molecule has 100 valence electrons. The molecule has 0 aromatic rings. The first-order valence-electron chi connectivity index (χ1n) is 7.20. The number of carbonyl (C=O) groups excluding carboxylic acids is 1. The van der Waals surface area contributed by atoms with Crippen molar-refractivity contribution in [2.75, 3.05) is 11.5 Å². The van der Waals surface area contributed by atoms with Gasteiger partial charge in [0.25, 0.3) is 0 Å². The van der Waals surface area contributed by atoms with Crippen molar-refractivity contribution in [3.63, 3.8) is 0 Å². The second-order valence-corrected chi connectivity index (χ2v) is 6.12. The summed E-state index contributed by atoms with van der Waals surface area (Å²) in [4.78, 5) is 11.7. The van der Waals surface area contributed by atoms with Gasteiger partial charge in [0, 0.05) is 6.04 Å². The SMILES string of the molecule is CCCCSCC(=O)NC1CCCCCCC1. The van der Waals surface area contributed by atoms with E-state index in [2.05, 4.69) is 12.2 Å². The number of hydrogen-bond donors (Lipinski definition) is 1. The molecule has 0 atom stereocenters. The Labute approximate surface area is 110 Å². The number of carbonyl (C=O) groups is 1. The number of nitrogens with one attached hydrogen (secondary N) is 1. The number of amides is 1. The van der Waals surface area contributed by atoms with E-state index in [4.69, 9.17) is 0 Å². The second-order valence-electron chi connectivity index (χ2n) is 5.02. The Morgan fingerprint density at radius 3 is 2.47 bits per heavy atom.